The molecule has 0 aliphatic heterocycles. The highest BCUT2D eigenvalue weighted by Gasteiger charge is 2.37. The minimum atomic E-state index is 0.269. The summed E-state index contributed by atoms with van der Waals surface area (Å²) in [6.45, 7) is 3.53. The molecule has 1 aliphatic carbocycles. The number of aromatic amines is 1. The highest BCUT2D eigenvalue weighted by molar-refractivity contribution is 5.74. The number of ether oxygens (including phenoxy) is 2. The van der Waals surface area contributed by atoms with E-state index in [-0.39, 0.29) is 6.10 Å². The summed E-state index contributed by atoms with van der Waals surface area (Å²) < 4.78 is 13.2. The number of H-pyrrole nitrogens is 1. The summed E-state index contributed by atoms with van der Waals surface area (Å²) in [7, 11) is 1.70. The smallest absolute Gasteiger partial charge is 0.179 e. The van der Waals surface area contributed by atoms with Gasteiger partial charge in [0, 0.05) is 19.2 Å². The van der Waals surface area contributed by atoms with Crippen LogP contribution in [-0.4, -0.2) is 51.0 Å². The van der Waals surface area contributed by atoms with Gasteiger partial charge in [0.15, 0.2) is 11.3 Å². The molecule has 3 unspecified atom stereocenters. The van der Waals surface area contributed by atoms with Gasteiger partial charge >= 0.3 is 0 Å². The normalized spacial score (nSPS) is 24.3. The van der Waals surface area contributed by atoms with E-state index in [0.29, 0.717) is 25.0 Å². The largest absolute Gasteiger partial charge is 0.382 e. The van der Waals surface area contributed by atoms with Crippen molar-refractivity contribution in [3.63, 3.8) is 0 Å². The zero-order valence-electron chi connectivity index (χ0n) is 14.1. The van der Waals surface area contributed by atoms with Crippen LogP contribution in [0, 0.1) is 5.92 Å². The van der Waals surface area contributed by atoms with Gasteiger partial charge in [0.1, 0.15) is 5.82 Å². The van der Waals surface area contributed by atoms with Crippen molar-refractivity contribution < 1.29 is 9.47 Å². The van der Waals surface area contributed by atoms with Crippen molar-refractivity contribution in [3.8, 4) is 0 Å². The van der Waals surface area contributed by atoms with Crippen LogP contribution in [0.5, 0.6) is 0 Å². The lowest BCUT2D eigenvalue weighted by atomic mass is 9.93. The Morgan fingerprint density at radius 3 is 3.04 bits per heavy atom. The first-order chi connectivity index (χ1) is 11.8. The molecule has 4 rings (SSSR count). The second-order valence-corrected chi connectivity index (χ2v) is 6.45. The minimum Gasteiger partial charge on any atom is -0.382 e. The van der Waals surface area contributed by atoms with Crippen LogP contribution in [0.25, 0.3) is 16.8 Å². The van der Waals surface area contributed by atoms with Gasteiger partial charge in [-0.3, -0.25) is 4.40 Å². The maximum Gasteiger partial charge on any atom is 0.179 e. The molecule has 0 saturated heterocycles. The van der Waals surface area contributed by atoms with E-state index < -0.39 is 0 Å². The fourth-order valence-electron chi connectivity index (χ4n) is 3.91. The Kier molecular flexibility index (Phi) is 4.20. The van der Waals surface area contributed by atoms with Crippen LogP contribution in [-0.2, 0) is 9.47 Å². The zero-order chi connectivity index (χ0) is 16.5. The molecule has 0 spiro atoms. The molecule has 0 bridgehead atoms. The predicted octanol–water partition coefficient (Wildman–Crippen LogP) is 2.54. The van der Waals surface area contributed by atoms with Crippen molar-refractivity contribution >= 4 is 16.8 Å². The monoisotopic (exact) mass is 329 g/mol. The van der Waals surface area contributed by atoms with Crippen LogP contribution in [0.15, 0.2) is 18.5 Å². The first kappa shape index (κ1) is 15.5. The summed E-state index contributed by atoms with van der Waals surface area (Å²) >= 11 is 0. The molecule has 128 valence electrons. The van der Waals surface area contributed by atoms with Crippen LogP contribution >= 0.6 is 0 Å². The molecule has 0 aromatic carbocycles. The van der Waals surface area contributed by atoms with Crippen molar-refractivity contribution in [2.45, 2.75) is 38.2 Å². The molecular formula is C17H23N5O2. The van der Waals surface area contributed by atoms with E-state index in [1.807, 2.05) is 12.3 Å². The minimum absolute atomic E-state index is 0.269. The zero-order valence-corrected chi connectivity index (χ0v) is 14.1. The molecule has 24 heavy (non-hydrogen) atoms. The summed E-state index contributed by atoms with van der Waals surface area (Å²) in [5.41, 5.74) is 2.70. The third-order valence-electron chi connectivity index (χ3n) is 5.12. The molecule has 7 nitrogen and oxygen atoms in total. The third kappa shape index (κ3) is 2.57. The molecule has 0 amide bonds. The van der Waals surface area contributed by atoms with E-state index in [0.717, 1.165) is 41.9 Å². The maximum absolute atomic E-state index is 5.99. The van der Waals surface area contributed by atoms with E-state index in [1.54, 1.807) is 13.3 Å². The summed E-state index contributed by atoms with van der Waals surface area (Å²) in [4.78, 5) is 7.56. The van der Waals surface area contributed by atoms with Crippen LogP contribution < -0.4 is 0 Å². The van der Waals surface area contributed by atoms with E-state index in [2.05, 4.69) is 31.5 Å². The van der Waals surface area contributed by atoms with Gasteiger partial charge in [0.25, 0.3) is 0 Å². The molecule has 1 N–H and O–H groups in total. The Labute approximate surface area is 140 Å². The standard InChI is InChI=1S/C17H23N5O2/c1-3-11-8-12(24-7-6-23-2)9-13(11)17-21-20-15-10-19-16-14(22(15)17)4-5-18-16/h4-5,10-13,18H,3,6-9H2,1-2H3. The average molecular weight is 329 g/mol. The lowest BCUT2D eigenvalue weighted by molar-refractivity contribution is 0.0186. The number of hydrogen-bond acceptors (Lipinski definition) is 5. The molecule has 1 fully saturated rings. The van der Waals surface area contributed by atoms with E-state index in [4.69, 9.17) is 9.47 Å². The van der Waals surface area contributed by atoms with Gasteiger partial charge < -0.3 is 14.5 Å². The van der Waals surface area contributed by atoms with Crippen molar-refractivity contribution in [1.82, 2.24) is 24.6 Å². The van der Waals surface area contributed by atoms with Crippen LogP contribution in [0.3, 0.4) is 0 Å². The number of nitrogens with one attached hydrogen (secondary N) is 1. The van der Waals surface area contributed by atoms with E-state index >= 15 is 0 Å². The van der Waals surface area contributed by atoms with Gasteiger partial charge in [-0.15, -0.1) is 10.2 Å². The van der Waals surface area contributed by atoms with Crippen molar-refractivity contribution in [2.75, 3.05) is 20.3 Å². The Balaban J connectivity index is 1.67. The topological polar surface area (TPSA) is 77.3 Å². The highest BCUT2D eigenvalue weighted by atomic mass is 16.5. The molecule has 1 aliphatic rings. The van der Waals surface area contributed by atoms with Gasteiger partial charge in [0.05, 0.1) is 31.0 Å². The quantitative estimate of drug-likeness (QED) is 0.703. The Bertz CT molecular complexity index is 827. The first-order valence-electron chi connectivity index (χ1n) is 8.59. The molecule has 3 atom stereocenters. The number of fused-ring (bicyclic) bond motifs is 3. The highest BCUT2D eigenvalue weighted by Crippen LogP contribution is 2.42. The second-order valence-electron chi connectivity index (χ2n) is 6.45. The molecule has 3 aromatic heterocycles. The summed E-state index contributed by atoms with van der Waals surface area (Å²) in [5.74, 6) is 1.95. The molecule has 3 aromatic rings. The number of nitrogens with zero attached hydrogens (tertiary/aromatic N) is 4. The summed E-state index contributed by atoms with van der Waals surface area (Å²) in [5, 5.41) is 8.85. The van der Waals surface area contributed by atoms with Gasteiger partial charge in [-0.05, 0) is 24.8 Å². The second kappa shape index (κ2) is 6.49. The Morgan fingerprint density at radius 2 is 2.21 bits per heavy atom. The summed E-state index contributed by atoms with van der Waals surface area (Å²) in [6, 6.07) is 2.03. The molecule has 3 heterocycles. The van der Waals surface area contributed by atoms with Gasteiger partial charge in [-0.2, -0.15) is 0 Å². The predicted molar refractivity (Wildman–Crippen MR) is 90.0 cm³/mol. The number of aromatic nitrogens is 5. The van der Waals surface area contributed by atoms with Crippen molar-refractivity contribution in [2.24, 2.45) is 5.92 Å². The van der Waals surface area contributed by atoms with E-state index in [1.165, 1.54) is 0 Å². The lowest BCUT2D eigenvalue weighted by Crippen LogP contribution is -2.13. The molecule has 1 saturated carbocycles. The van der Waals surface area contributed by atoms with Crippen molar-refractivity contribution in [3.05, 3.63) is 24.3 Å². The van der Waals surface area contributed by atoms with Gasteiger partial charge in [0.2, 0.25) is 0 Å². The summed E-state index contributed by atoms with van der Waals surface area (Å²) in [6.07, 6.45) is 7.12. The number of rotatable bonds is 6. The van der Waals surface area contributed by atoms with Crippen molar-refractivity contribution in [1.29, 1.82) is 0 Å². The van der Waals surface area contributed by atoms with E-state index in [9.17, 15) is 0 Å². The van der Waals surface area contributed by atoms with Gasteiger partial charge in [-0.25, -0.2) is 4.98 Å². The van der Waals surface area contributed by atoms with Crippen LogP contribution in [0.4, 0.5) is 0 Å². The van der Waals surface area contributed by atoms with Gasteiger partial charge in [-0.1, -0.05) is 13.3 Å². The third-order valence-corrected chi connectivity index (χ3v) is 5.12. The lowest BCUT2D eigenvalue weighted by Gasteiger charge is -2.15. The first-order valence-corrected chi connectivity index (χ1v) is 8.59. The fourth-order valence-corrected chi connectivity index (χ4v) is 3.91. The molecule has 7 heteroatoms. The SMILES string of the molecule is CCC1CC(OCCOC)CC1c1nnc2cnc3[nH]ccc3n12. The fraction of sp³-hybridized carbons (Fsp3) is 0.588. The Morgan fingerprint density at radius 1 is 1.29 bits per heavy atom. The maximum atomic E-state index is 5.99. The molecular weight excluding hydrogens is 306 g/mol. The Hall–Kier alpha value is -1.99. The molecule has 0 radical (unpaired) electrons. The number of hydrogen-bond donors (Lipinski definition) is 1. The van der Waals surface area contributed by atoms with Crippen LogP contribution in [0.1, 0.15) is 37.9 Å². The van der Waals surface area contributed by atoms with Crippen LogP contribution in [0.2, 0.25) is 0 Å². The number of methoxy groups -OCH3 is 1. The average Bonchev–Trinajstić information content (AvgIpc) is 3.31.